The Kier molecular flexibility index (Phi) is 2.25. The van der Waals surface area contributed by atoms with E-state index in [-0.39, 0.29) is 0 Å². The van der Waals surface area contributed by atoms with Crippen molar-refractivity contribution < 1.29 is 0 Å². The molecule has 0 radical (unpaired) electrons. The van der Waals surface area contributed by atoms with Crippen LogP contribution in [-0.4, -0.2) is 5.71 Å². The number of rotatable bonds is 0. The van der Waals surface area contributed by atoms with Crippen molar-refractivity contribution in [1.82, 2.24) is 0 Å². The predicted molar refractivity (Wildman–Crippen MR) is 80.9 cm³/mol. The minimum absolute atomic E-state index is 0.977. The first-order chi connectivity index (χ1) is 9.43. The maximum atomic E-state index is 4.84. The van der Waals surface area contributed by atoms with E-state index in [0.717, 1.165) is 17.8 Å². The molecule has 0 N–H and O–H groups in total. The Morgan fingerprint density at radius 2 is 1.79 bits per heavy atom. The highest BCUT2D eigenvalue weighted by Gasteiger charge is 2.16. The highest BCUT2D eigenvalue weighted by Crippen LogP contribution is 2.23. The van der Waals surface area contributed by atoms with E-state index in [2.05, 4.69) is 48.6 Å². The van der Waals surface area contributed by atoms with Crippen molar-refractivity contribution >= 4 is 23.0 Å². The molecule has 0 amide bonds. The highest BCUT2D eigenvalue weighted by molar-refractivity contribution is 6.30. The number of allylic oxidation sites excluding steroid dienone is 8. The predicted octanol–water partition coefficient (Wildman–Crippen LogP) is 2.50. The standard InChI is InChI=1S/C18H13N/c1-2-4-10-17-15(9-3-1)16-12-11-13-7-5-6-8-14(13)18(16)19-17/h1-7,9-12H,8H2. The van der Waals surface area contributed by atoms with E-state index in [9.17, 15) is 0 Å². The van der Waals surface area contributed by atoms with Gasteiger partial charge >= 0.3 is 0 Å². The van der Waals surface area contributed by atoms with Crippen LogP contribution in [-0.2, 0) is 6.42 Å². The topological polar surface area (TPSA) is 12.4 Å². The Morgan fingerprint density at radius 1 is 0.895 bits per heavy atom. The van der Waals surface area contributed by atoms with Crippen LogP contribution in [0.15, 0.2) is 65.7 Å². The van der Waals surface area contributed by atoms with Crippen LogP contribution >= 0.6 is 0 Å². The van der Waals surface area contributed by atoms with Crippen LogP contribution in [0.3, 0.4) is 0 Å². The Labute approximate surface area is 112 Å². The van der Waals surface area contributed by atoms with Crippen molar-refractivity contribution in [2.75, 3.05) is 0 Å². The molecular weight excluding hydrogens is 230 g/mol. The lowest BCUT2D eigenvalue weighted by molar-refractivity contribution is 1.20. The first-order valence-electron chi connectivity index (χ1n) is 6.57. The van der Waals surface area contributed by atoms with Gasteiger partial charge in [0.05, 0.1) is 11.4 Å². The van der Waals surface area contributed by atoms with Crippen molar-refractivity contribution in [3.05, 3.63) is 76.7 Å². The van der Waals surface area contributed by atoms with Gasteiger partial charge in [-0.25, -0.2) is 4.99 Å². The molecule has 0 unspecified atom stereocenters. The van der Waals surface area contributed by atoms with Crippen molar-refractivity contribution in [2.45, 2.75) is 6.42 Å². The van der Waals surface area contributed by atoms with E-state index < -0.39 is 0 Å². The van der Waals surface area contributed by atoms with Crippen LogP contribution in [0.4, 0.5) is 5.69 Å². The van der Waals surface area contributed by atoms with E-state index in [1.54, 1.807) is 0 Å². The number of hydrogen-bond acceptors (Lipinski definition) is 1. The fraction of sp³-hybridized carbons (Fsp3) is 0.0556. The van der Waals surface area contributed by atoms with Gasteiger partial charge in [-0.05, 0) is 23.3 Å². The third kappa shape index (κ3) is 1.59. The molecule has 0 aromatic heterocycles. The molecule has 0 bridgehead atoms. The molecule has 0 fully saturated rings. The molecule has 19 heavy (non-hydrogen) atoms. The van der Waals surface area contributed by atoms with Crippen molar-refractivity contribution in [1.29, 1.82) is 0 Å². The van der Waals surface area contributed by atoms with Gasteiger partial charge in [0.25, 0.3) is 0 Å². The van der Waals surface area contributed by atoms with Gasteiger partial charge in [-0.2, -0.15) is 0 Å². The Bertz CT molecular complexity index is 827. The third-order valence-corrected chi connectivity index (χ3v) is 3.70. The molecule has 3 aliphatic rings. The Hall–Kier alpha value is -2.41. The summed E-state index contributed by atoms with van der Waals surface area (Å²) in [5, 5.41) is 2.56. The molecule has 0 saturated carbocycles. The summed E-state index contributed by atoms with van der Waals surface area (Å²) >= 11 is 0. The average molecular weight is 243 g/mol. The van der Waals surface area contributed by atoms with E-state index in [1.807, 2.05) is 18.2 Å². The van der Waals surface area contributed by atoms with Crippen molar-refractivity contribution in [3.8, 4) is 0 Å². The van der Waals surface area contributed by atoms with Gasteiger partial charge in [0.15, 0.2) is 0 Å². The zero-order valence-electron chi connectivity index (χ0n) is 10.5. The van der Waals surface area contributed by atoms with Crippen LogP contribution in [0.5, 0.6) is 0 Å². The van der Waals surface area contributed by atoms with Gasteiger partial charge in [0.2, 0.25) is 0 Å². The third-order valence-electron chi connectivity index (χ3n) is 3.70. The second-order valence-electron chi connectivity index (χ2n) is 4.84. The lowest BCUT2D eigenvalue weighted by Crippen LogP contribution is -2.17. The monoisotopic (exact) mass is 243 g/mol. The zero-order valence-corrected chi connectivity index (χ0v) is 10.5. The Balaban J connectivity index is 2.07. The van der Waals surface area contributed by atoms with Gasteiger partial charge in [-0.1, -0.05) is 60.7 Å². The summed E-state index contributed by atoms with van der Waals surface area (Å²) in [5.74, 6) is 0. The molecule has 1 heteroatoms. The molecule has 2 aliphatic carbocycles. The van der Waals surface area contributed by atoms with Gasteiger partial charge in [0, 0.05) is 10.8 Å². The molecule has 0 spiro atoms. The Morgan fingerprint density at radius 3 is 2.74 bits per heavy atom. The van der Waals surface area contributed by atoms with Gasteiger partial charge in [-0.3, -0.25) is 0 Å². The number of aliphatic imine (C=N–C) groups is 1. The van der Waals surface area contributed by atoms with Crippen LogP contribution in [0, 0.1) is 0 Å². The number of nitrogens with zero attached hydrogens (tertiary/aromatic N) is 1. The fourth-order valence-corrected chi connectivity index (χ4v) is 2.77. The number of hydrogen-bond donors (Lipinski definition) is 0. The van der Waals surface area contributed by atoms with Crippen LogP contribution < -0.4 is 10.4 Å². The lowest BCUT2D eigenvalue weighted by atomic mass is 9.99. The lowest BCUT2D eigenvalue weighted by Gasteiger charge is -2.06. The van der Waals surface area contributed by atoms with Crippen molar-refractivity contribution in [2.24, 2.45) is 4.99 Å². The van der Waals surface area contributed by atoms with Crippen LogP contribution in [0.25, 0.3) is 11.6 Å². The molecule has 1 heterocycles. The summed E-state index contributed by atoms with van der Waals surface area (Å²) in [4.78, 5) is 4.84. The van der Waals surface area contributed by atoms with Crippen LogP contribution in [0.2, 0.25) is 0 Å². The highest BCUT2D eigenvalue weighted by atomic mass is 14.8. The summed E-state index contributed by atoms with van der Waals surface area (Å²) in [6.45, 7) is 0. The van der Waals surface area contributed by atoms with E-state index in [1.165, 1.54) is 21.6 Å². The zero-order chi connectivity index (χ0) is 12.7. The molecular formula is C18H13N. The molecule has 0 saturated heterocycles. The first kappa shape index (κ1) is 10.5. The summed E-state index contributed by atoms with van der Waals surface area (Å²) in [7, 11) is 0. The number of fused-ring (bicyclic) bond motifs is 4. The normalized spacial score (nSPS) is 18.1. The largest absolute Gasteiger partial charge is 0.247 e. The molecule has 4 rings (SSSR count). The van der Waals surface area contributed by atoms with Gasteiger partial charge in [-0.15, -0.1) is 0 Å². The smallest absolute Gasteiger partial charge is 0.0757 e. The van der Waals surface area contributed by atoms with Gasteiger partial charge in [0.1, 0.15) is 0 Å². The van der Waals surface area contributed by atoms with E-state index >= 15 is 0 Å². The molecule has 90 valence electrons. The SMILES string of the molecule is C1=CC=CC2=c3ccc4c(c3N=C2C=C1)CC=CC=4. The van der Waals surface area contributed by atoms with E-state index in [0.29, 0.717) is 0 Å². The van der Waals surface area contributed by atoms with E-state index in [4.69, 9.17) is 4.99 Å². The minimum atomic E-state index is 0.977. The summed E-state index contributed by atoms with van der Waals surface area (Å²) in [6.07, 6.45) is 19.9. The van der Waals surface area contributed by atoms with Crippen molar-refractivity contribution in [3.63, 3.8) is 0 Å². The summed E-state index contributed by atoms with van der Waals surface area (Å²) in [5.41, 5.74) is 4.80. The molecule has 1 aromatic rings. The molecule has 1 nitrogen and oxygen atoms in total. The second kappa shape index (κ2) is 4.06. The summed E-state index contributed by atoms with van der Waals surface area (Å²) < 4.78 is 0. The fourth-order valence-electron chi connectivity index (χ4n) is 2.77. The second-order valence-corrected chi connectivity index (χ2v) is 4.84. The molecule has 1 aliphatic heterocycles. The maximum Gasteiger partial charge on any atom is 0.0757 e. The number of benzene rings is 1. The molecule has 1 aromatic carbocycles. The minimum Gasteiger partial charge on any atom is -0.247 e. The maximum absolute atomic E-state index is 4.84. The summed E-state index contributed by atoms with van der Waals surface area (Å²) in [6, 6.07) is 4.40. The average Bonchev–Trinajstić information content (AvgIpc) is 2.76. The molecule has 0 atom stereocenters. The van der Waals surface area contributed by atoms with Gasteiger partial charge < -0.3 is 0 Å². The first-order valence-corrected chi connectivity index (χ1v) is 6.57. The quantitative estimate of drug-likeness (QED) is 0.664. The van der Waals surface area contributed by atoms with Crippen LogP contribution in [0.1, 0.15) is 5.56 Å².